The molecule has 0 fully saturated rings. The summed E-state index contributed by atoms with van der Waals surface area (Å²) in [6.45, 7) is 7.40. The maximum atomic E-state index is 5.63. The lowest BCUT2D eigenvalue weighted by Gasteiger charge is -2.34. The first kappa shape index (κ1) is 15.5. The zero-order chi connectivity index (χ0) is 11.2. The predicted molar refractivity (Wildman–Crippen MR) is 70.1 cm³/mol. The Balaban J connectivity index is 4.73. The zero-order valence-corrected chi connectivity index (χ0v) is 14.2. The van der Waals surface area contributed by atoms with Gasteiger partial charge in [-0.1, -0.05) is 47.8 Å². The minimum atomic E-state index is -2.75. The van der Waals surface area contributed by atoms with Crippen molar-refractivity contribution < 1.29 is 13.3 Å². The molecule has 7 heteroatoms. The van der Waals surface area contributed by atoms with Crippen LogP contribution in [0.3, 0.4) is 0 Å². The van der Waals surface area contributed by atoms with Crippen molar-refractivity contribution in [3.63, 3.8) is 0 Å². The highest BCUT2D eigenvalue weighted by Gasteiger charge is 2.58. The normalized spacial score (nSPS) is 13.3. The molecule has 0 bridgehead atoms. The second-order valence-corrected chi connectivity index (χ2v) is 14.0. The number of alkyl halides is 3. The fraction of sp³-hybridized carbons (Fsp3) is 1.00. The second-order valence-electron chi connectivity index (χ2n) is 2.35. The van der Waals surface area contributed by atoms with E-state index in [0.717, 1.165) is 0 Å². The van der Waals surface area contributed by atoms with Crippen LogP contribution in [0.2, 0.25) is 0 Å². The van der Waals surface area contributed by atoms with Gasteiger partial charge in [-0.25, -0.2) is 0 Å². The fourth-order valence-electron chi connectivity index (χ4n) is 0.941. The summed E-state index contributed by atoms with van der Waals surface area (Å²) in [5.41, 5.74) is 0. The highest BCUT2D eigenvalue weighted by atomic mass is 80.0. The first-order valence-electron chi connectivity index (χ1n) is 4.42. The molecule has 0 amide bonds. The van der Waals surface area contributed by atoms with Gasteiger partial charge in [-0.2, -0.15) is 0 Å². The Hall–Kier alpha value is 1.54. The Morgan fingerprint density at radius 3 is 1.29 bits per heavy atom. The number of hydrogen-bond donors (Lipinski definition) is 0. The van der Waals surface area contributed by atoms with Gasteiger partial charge in [0.05, 0.1) is 0 Å². The molecule has 0 saturated heterocycles. The van der Waals surface area contributed by atoms with Gasteiger partial charge in [-0.15, -0.1) is 0 Å². The Kier molecular flexibility index (Phi) is 7.75. The molecule has 0 atom stereocenters. The molecular formula is C7H15Br3O3Si. The topological polar surface area (TPSA) is 27.7 Å². The lowest BCUT2D eigenvalue weighted by Crippen LogP contribution is -2.56. The maximum absolute atomic E-state index is 5.63. The summed E-state index contributed by atoms with van der Waals surface area (Å²) in [5.74, 6) is 0. The SMILES string of the molecule is CCO[Si](OCC)(OCC)C(Br)(Br)Br. The molecular weight excluding hydrogens is 400 g/mol. The van der Waals surface area contributed by atoms with Crippen LogP contribution in [0.5, 0.6) is 0 Å². The number of halogens is 3. The van der Waals surface area contributed by atoms with E-state index < -0.39 is 10.6 Å². The molecule has 0 spiro atoms. The van der Waals surface area contributed by atoms with Crippen LogP contribution in [-0.4, -0.2) is 30.4 Å². The maximum Gasteiger partial charge on any atom is 0.541 e. The van der Waals surface area contributed by atoms with Crippen LogP contribution in [0, 0.1) is 0 Å². The molecule has 0 aliphatic heterocycles. The van der Waals surface area contributed by atoms with Gasteiger partial charge in [0.15, 0.2) is 0 Å². The third-order valence-corrected chi connectivity index (χ3v) is 8.42. The van der Waals surface area contributed by atoms with Crippen LogP contribution in [0.15, 0.2) is 0 Å². The van der Waals surface area contributed by atoms with Gasteiger partial charge in [0.25, 0.3) is 0 Å². The van der Waals surface area contributed by atoms with Gasteiger partial charge in [0.2, 0.25) is 1.77 Å². The summed E-state index contributed by atoms with van der Waals surface area (Å²) >= 11 is 10.3. The summed E-state index contributed by atoms with van der Waals surface area (Å²) in [5, 5.41) is 0. The molecule has 86 valence electrons. The van der Waals surface area contributed by atoms with E-state index >= 15 is 0 Å². The minimum absolute atomic E-state index is 0.552. The molecule has 0 aliphatic rings. The van der Waals surface area contributed by atoms with Crippen LogP contribution in [0.1, 0.15) is 20.8 Å². The summed E-state index contributed by atoms with van der Waals surface area (Å²) in [6.07, 6.45) is 0. The predicted octanol–water partition coefficient (Wildman–Crippen LogP) is 3.41. The molecule has 14 heavy (non-hydrogen) atoms. The average Bonchev–Trinajstić information content (AvgIpc) is 2.03. The van der Waals surface area contributed by atoms with Gasteiger partial charge in [0, 0.05) is 19.8 Å². The van der Waals surface area contributed by atoms with Crippen molar-refractivity contribution in [2.24, 2.45) is 0 Å². The first-order chi connectivity index (χ1) is 6.43. The quantitative estimate of drug-likeness (QED) is 0.492. The van der Waals surface area contributed by atoms with E-state index in [1.807, 2.05) is 20.8 Å². The standard InChI is InChI=1S/C7H15Br3O3Si/c1-4-11-14(12-5-2,13-6-3)7(8,9)10/h4-6H2,1-3H3. The van der Waals surface area contributed by atoms with E-state index in [9.17, 15) is 0 Å². The van der Waals surface area contributed by atoms with E-state index in [2.05, 4.69) is 47.8 Å². The number of hydrogen-bond acceptors (Lipinski definition) is 3. The van der Waals surface area contributed by atoms with Crippen LogP contribution in [-0.2, 0) is 13.3 Å². The van der Waals surface area contributed by atoms with Crippen LogP contribution in [0.4, 0.5) is 0 Å². The Bertz CT molecular complexity index is 146. The molecule has 3 nitrogen and oxygen atoms in total. The van der Waals surface area contributed by atoms with Crippen molar-refractivity contribution in [1.82, 2.24) is 0 Å². The average molecular weight is 415 g/mol. The number of rotatable bonds is 6. The Morgan fingerprint density at radius 1 is 0.857 bits per heavy atom. The second kappa shape index (κ2) is 6.98. The molecule has 0 aromatic heterocycles. The first-order valence-corrected chi connectivity index (χ1v) is 8.52. The molecule has 0 rings (SSSR count). The third-order valence-electron chi connectivity index (χ3n) is 1.35. The summed E-state index contributed by atoms with van der Waals surface area (Å²) in [4.78, 5) is 0. The molecule has 0 unspecified atom stereocenters. The van der Waals surface area contributed by atoms with Crippen molar-refractivity contribution in [3.05, 3.63) is 0 Å². The van der Waals surface area contributed by atoms with Gasteiger partial charge < -0.3 is 13.3 Å². The molecule has 0 radical (unpaired) electrons. The van der Waals surface area contributed by atoms with E-state index in [-0.39, 0.29) is 0 Å². The molecule has 0 heterocycles. The van der Waals surface area contributed by atoms with Crippen molar-refractivity contribution in [1.29, 1.82) is 0 Å². The van der Waals surface area contributed by atoms with Gasteiger partial charge in [0.1, 0.15) is 0 Å². The van der Waals surface area contributed by atoms with Crippen molar-refractivity contribution in [2.75, 3.05) is 19.8 Å². The molecule has 0 saturated carbocycles. The van der Waals surface area contributed by atoms with Crippen LogP contribution in [0.25, 0.3) is 0 Å². The third kappa shape index (κ3) is 4.19. The molecule has 0 N–H and O–H groups in total. The van der Waals surface area contributed by atoms with E-state index in [4.69, 9.17) is 13.3 Å². The molecule has 0 aliphatic carbocycles. The van der Waals surface area contributed by atoms with Crippen molar-refractivity contribution >= 4 is 56.6 Å². The van der Waals surface area contributed by atoms with Crippen LogP contribution >= 0.6 is 47.8 Å². The Labute approximate surface area is 112 Å². The monoisotopic (exact) mass is 412 g/mol. The molecule has 0 aromatic rings. The van der Waals surface area contributed by atoms with E-state index in [0.29, 0.717) is 19.8 Å². The van der Waals surface area contributed by atoms with Gasteiger partial charge in [-0.05, 0) is 20.8 Å². The Morgan fingerprint density at radius 2 is 1.14 bits per heavy atom. The minimum Gasteiger partial charge on any atom is -0.372 e. The highest BCUT2D eigenvalue weighted by molar-refractivity contribution is 9.40. The largest absolute Gasteiger partial charge is 0.541 e. The summed E-state index contributed by atoms with van der Waals surface area (Å²) in [7, 11) is -2.75. The highest BCUT2D eigenvalue weighted by Crippen LogP contribution is 2.44. The summed E-state index contributed by atoms with van der Waals surface area (Å²) < 4.78 is 16.3. The lowest BCUT2D eigenvalue weighted by molar-refractivity contribution is 0.0743. The van der Waals surface area contributed by atoms with Gasteiger partial charge in [-0.3, -0.25) is 0 Å². The lowest BCUT2D eigenvalue weighted by atomic mass is 10.9. The smallest absolute Gasteiger partial charge is 0.372 e. The van der Waals surface area contributed by atoms with E-state index in [1.54, 1.807) is 0 Å². The van der Waals surface area contributed by atoms with Crippen molar-refractivity contribution in [3.8, 4) is 0 Å². The zero-order valence-electron chi connectivity index (χ0n) is 8.48. The van der Waals surface area contributed by atoms with Crippen molar-refractivity contribution in [2.45, 2.75) is 22.5 Å². The van der Waals surface area contributed by atoms with E-state index in [1.165, 1.54) is 0 Å². The van der Waals surface area contributed by atoms with Gasteiger partial charge >= 0.3 is 8.80 Å². The molecule has 0 aromatic carbocycles. The summed E-state index contributed by atoms with van der Waals surface area (Å²) in [6, 6.07) is 0. The van der Waals surface area contributed by atoms with Crippen LogP contribution < -0.4 is 0 Å². The fourth-order valence-corrected chi connectivity index (χ4v) is 5.91.